The molecule has 0 unspecified atom stereocenters. The molecule has 0 aliphatic heterocycles. The fourth-order valence-electron chi connectivity index (χ4n) is 3.40. The van der Waals surface area contributed by atoms with Crippen LogP contribution in [0.5, 0.6) is 11.5 Å². The van der Waals surface area contributed by atoms with E-state index in [-0.39, 0.29) is 11.3 Å². The molecule has 168 valence electrons. The molecule has 32 heavy (non-hydrogen) atoms. The van der Waals surface area contributed by atoms with Crippen LogP contribution in [-0.2, 0) is 12.0 Å². The summed E-state index contributed by atoms with van der Waals surface area (Å²) >= 11 is 1.64. The maximum atomic E-state index is 12.9. The molecule has 0 aliphatic carbocycles. The highest BCUT2D eigenvalue weighted by atomic mass is 32.2. The van der Waals surface area contributed by atoms with E-state index in [1.165, 1.54) is 0 Å². The Balaban J connectivity index is 1.83. The predicted molar refractivity (Wildman–Crippen MR) is 133 cm³/mol. The lowest BCUT2D eigenvalue weighted by Crippen LogP contribution is -2.14. The number of carbonyl (C=O) groups excluding carboxylic acids is 1. The van der Waals surface area contributed by atoms with Crippen LogP contribution in [0.1, 0.15) is 49.2 Å². The number of hydrogen-bond donors (Lipinski definition) is 1. The standard InChI is InChI=1S/C27H31NO3S/c1-6-30-24-15-14-19(26(29)28-21-10-9-11-22(17-21)32-5)16-20(24)18-31-25-13-8-7-12-23(25)27(2,3)4/h7-17H,6,18H2,1-5H3,(H,28,29). The quantitative estimate of drug-likeness (QED) is 0.379. The van der Waals surface area contributed by atoms with Gasteiger partial charge in [-0.3, -0.25) is 4.79 Å². The summed E-state index contributed by atoms with van der Waals surface area (Å²) in [5.74, 6) is 1.40. The van der Waals surface area contributed by atoms with Crippen molar-refractivity contribution in [2.24, 2.45) is 0 Å². The van der Waals surface area contributed by atoms with E-state index in [4.69, 9.17) is 9.47 Å². The van der Waals surface area contributed by atoms with Crippen molar-refractivity contribution >= 4 is 23.4 Å². The van der Waals surface area contributed by atoms with Crippen molar-refractivity contribution in [2.45, 2.75) is 44.6 Å². The molecule has 0 saturated heterocycles. The van der Waals surface area contributed by atoms with Crippen LogP contribution in [0.25, 0.3) is 0 Å². The third-order valence-electron chi connectivity index (χ3n) is 5.03. The molecule has 1 N–H and O–H groups in total. The third-order valence-corrected chi connectivity index (χ3v) is 5.75. The number of amides is 1. The Morgan fingerprint density at radius 3 is 2.44 bits per heavy atom. The second-order valence-electron chi connectivity index (χ2n) is 8.48. The predicted octanol–water partition coefficient (Wildman–Crippen LogP) is 6.94. The zero-order valence-electron chi connectivity index (χ0n) is 19.4. The second kappa shape index (κ2) is 10.6. The topological polar surface area (TPSA) is 47.6 Å². The number of ether oxygens (including phenoxy) is 2. The zero-order chi connectivity index (χ0) is 23.1. The number of para-hydroxylation sites is 1. The van der Waals surface area contributed by atoms with E-state index in [9.17, 15) is 4.79 Å². The monoisotopic (exact) mass is 449 g/mol. The molecular weight excluding hydrogens is 418 g/mol. The Hall–Kier alpha value is -2.92. The number of anilines is 1. The third kappa shape index (κ3) is 6.07. The fourth-order valence-corrected chi connectivity index (χ4v) is 3.86. The maximum Gasteiger partial charge on any atom is 0.255 e. The van der Waals surface area contributed by atoms with Gasteiger partial charge in [-0.1, -0.05) is 45.0 Å². The number of rotatable bonds is 8. The Bertz CT molecular complexity index is 1070. The molecule has 3 rings (SSSR count). The van der Waals surface area contributed by atoms with Gasteiger partial charge in [-0.05, 0) is 66.6 Å². The first kappa shape index (κ1) is 23.7. The summed E-state index contributed by atoms with van der Waals surface area (Å²) < 4.78 is 12.0. The van der Waals surface area contributed by atoms with Gasteiger partial charge in [0.25, 0.3) is 5.91 Å². The molecule has 0 fully saturated rings. The van der Waals surface area contributed by atoms with Crippen LogP contribution in [-0.4, -0.2) is 18.8 Å². The van der Waals surface area contributed by atoms with E-state index in [1.807, 2.05) is 67.8 Å². The first-order chi connectivity index (χ1) is 15.3. The molecule has 0 bridgehead atoms. The van der Waals surface area contributed by atoms with Gasteiger partial charge in [0.1, 0.15) is 18.1 Å². The van der Waals surface area contributed by atoms with E-state index in [0.717, 1.165) is 33.2 Å². The molecule has 0 radical (unpaired) electrons. The van der Waals surface area contributed by atoms with E-state index < -0.39 is 0 Å². The van der Waals surface area contributed by atoms with Crippen molar-refractivity contribution in [2.75, 3.05) is 18.2 Å². The van der Waals surface area contributed by atoms with E-state index >= 15 is 0 Å². The van der Waals surface area contributed by atoms with Crippen molar-refractivity contribution in [1.82, 2.24) is 0 Å². The number of thioether (sulfide) groups is 1. The summed E-state index contributed by atoms with van der Waals surface area (Å²) in [4.78, 5) is 14.0. The highest BCUT2D eigenvalue weighted by Gasteiger charge is 2.19. The van der Waals surface area contributed by atoms with Gasteiger partial charge in [0.05, 0.1) is 6.61 Å². The van der Waals surface area contributed by atoms with Gasteiger partial charge < -0.3 is 14.8 Å². The summed E-state index contributed by atoms with van der Waals surface area (Å²) in [7, 11) is 0. The molecule has 5 heteroatoms. The highest BCUT2D eigenvalue weighted by molar-refractivity contribution is 7.98. The van der Waals surface area contributed by atoms with Gasteiger partial charge in [0, 0.05) is 21.7 Å². The van der Waals surface area contributed by atoms with Crippen molar-refractivity contribution in [3.63, 3.8) is 0 Å². The Kier molecular flexibility index (Phi) is 7.86. The van der Waals surface area contributed by atoms with Gasteiger partial charge in [-0.2, -0.15) is 0 Å². The number of hydrogen-bond acceptors (Lipinski definition) is 4. The summed E-state index contributed by atoms with van der Waals surface area (Å²) in [5.41, 5.74) is 3.27. The van der Waals surface area contributed by atoms with Crippen molar-refractivity contribution in [1.29, 1.82) is 0 Å². The van der Waals surface area contributed by atoms with Crippen LogP contribution in [0.4, 0.5) is 5.69 Å². The van der Waals surface area contributed by atoms with Gasteiger partial charge in [0.2, 0.25) is 0 Å². The summed E-state index contributed by atoms with van der Waals surface area (Å²) in [5, 5.41) is 2.98. The maximum absolute atomic E-state index is 12.9. The van der Waals surface area contributed by atoms with Crippen molar-refractivity contribution in [3.05, 3.63) is 83.4 Å². The molecule has 0 heterocycles. The van der Waals surface area contributed by atoms with Crippen LogP contribution in [0.3, 0.4) is 0 Å². The van der Waals surface area contributed by atoms with E-state index in [0.29, 0.717) is 18.8 Å². The Morgan fingerprint density at radius 1 is 0.938 bits per heavy atom. The minimum absolute atomic E-state index is 0.0353. The summed E-state index contributed by atoms with van der Waals surface area (Å²) in [6.45, 7) is 9.29. The molecule has 3 aromatic rings. The van der Waals surface area contributed by atoms with Crippen LogP contribution >= 0.6 is 11.8 Å². The number of carbonyl (C=O) groups is 1. The fraction of sp³-hybridized carbons (Fsp3) is 0.296. The van der Waals surface area contributed by atoms with E-state index in [2.05, 4.69) is 32.2 Å². The molecule has 0 aliphatic rings. The van der Waals surface area contributed by atoms with Gasteiger partial charge in [0.15, 0.2) is 0 Å². The van der Waals surface area contributed by atoms with Gasteiger partial charge in [-0.25, -0.2) is 0 Å². The highest BCUT2D eigenvalue weighted by Crippen LogP contribution is 2.32. The minimum Gasteiger partial charge on any atom is -0.493 e. The number of benzene rings is 3. The molecule has 3 aromatic carbocycles. The van der Waals surface area contributed by atoms with Crippen LogP contribution in [0, 0.1) is 0 Å². The average molecular weight is 450 g/mol. The average Bonchev–Trinajstić information content (AvgIpc) is 2.78. The summed E-state index contributed by atoms with van der Waals surface area (Å²) in [6, 6.07) is 21.3. The van der Waals surface area contributed by atoms with Gasteiger partial charge in [-0.15, -0.1) is 11.8 Å². The second-order valence-corrected chi connectivity index (χ2v) is 9.36. The van der Waals surface area contributed by atoms with Crippen LogP contribution in [0.15, 0.2) is 71.6 Å². The van der Waals surface area contributed by atoms with E-state index in [1.54, 1.807) is 17.8 Å². The first-order valence-corrected chi connectivity index (χ1v) is 12.0. The molecule has 0 aromatic heterocycles. The molecule has 0 spiro atoms. The molecule has 0 saturated carbocycles. The molecule has 0 atom stereocenters. The Labute approximate surface area is 195 Å². The molecular formula is C27H31NO3S. The largest absolute Gasteiger partial charge is 0.493 e. The minimum atomic E-state index is -0.164. The lowest BCUT2D eigenvalue weighted by Gasteiger charge is -2.23. The molecule has 1 amide bonds. The lowest BCUT2D eigenvalue weighted by molar-refractivity contribution is 0.102. The van der Waals surface area contributed by atoms with Crippen molar-refractivity contribution < 1.29 is 14.3 Å². The zero-order valence-corrected chi connectivity index (χ0v) is 20.2. The van der Waals surface area contributed by atoms with Crippen LogP contribution < -0.4 is 14.8 Å². The SMILES string of the molecule is CCOc1ccc(C(=O)Nc2cccc(SC)c2)cc1COc1ccccc1C(C)(C)C. The van der Waals surface area contributed by atoms with Crippen LogP contribution in [0.2, 0.25) is 0 Å². The lowest BCUT2D eigenvalue weighted by atomic mass is 9.86. The number of nitrogens with one attached hydrogen (secondary N) is 1. The van der Waals surface area contributed by atoms with Crippen molar-refractivity contribution in [3.8, 4) is 11.5 Å². The normalized spacial score (nSPS) is 11.2. The Morgan fingerprint density at radius 2 is 1.72 bits per heavy atom. The summed E-state index contributed by atoms with van der Waals surface area (Å²) in [6.07, 6.45) is 2.01. The molecule has 4 nitrogen and oxygen atoms in total. The van der Waals surface area contributed by atoms with Gasteiger partial charge >= 0.3 is 0 Å². The first-order valence-electron chi connectivity index (χ1n) is 10.7. The smallest absolute Gasteiger partial charge is 0.255 e.